The summed E-state index contributed by atoms with van der Waals surface area (Å²) in [6.07, 6.45) is 4.10. The normalized spacial score (nSPS) is 10.8. The maximum atomic E-state index is 5.34. The van der Waals surface area contributed by atoms with Crippen molar-refractivity contribution in [3.05, 3.63) is 35.9 Å². The molecule has 1 aromatic carbocycles. The predicted octanol–water partition coefficient (Wildman–Crippen LogP) is 0.636. The second kappa shape index (κ2) is 7.40. The van der Waals surface area contributed by atoms with Crippen molar-refractivity contribution in [2.75, 3.05) is 6.61 Å². The van der Waals surface area contributed by atoms with Crippen LogP contribution in [0.3, 0.4) is 0 Å². The Morgan fingerprint density at radius 1 is 1.15 bits per heavy atom. The van der Waals surface area contributed by atoms with E-state index >= 15 is 0 Å². The van der Waals surface area contributed by atoms with E-state index in [1.165, 1.54) is 5.56 Å². The fraction of sp³-hybridized carbons (Fsp3) is 0.111. The van der Waals surface area contributed by atoms with Crippen molar-refractivity contribution in [2.24, 2.45) is 0 Å². The summed E-state index contributed by atoms with van der Waals surface area (Å²) >= 11 is 0. The SMILES string of the molecule is C1=Cc2ccccc2OC1.[Cu].[Ni].[SiH4]. The zero-order valence-corrected chi connectivity index (χ0v) is 8.13. The zero-order chi connectivity index (χ0) is 6.81. The summed E-state index contributed by atoms with van der Waals surface area (Å²) in [4.78, 5) is 0. The summed E-state index contributed by atoms with van der Waals surface area (Å²) in [6, 6.07) is 8.03. The van der Waals surface area contributed by atoms with Crippen LogP contribution in [0.2, 0.25) is 0 Å². The number of para-hydroxylation sites is 1. The standard InChI is InChI=1S/C9H8O.Cu.Ni.H4Si/c1-2-6-9-8(4-1)5-3-7-10-9;;;/h1-6H,7H2;;;1H4. The van der Waals surface area contributed by atoms with E-state index in [-0.39, 0.29) is 44.5 Å². The maximum Gasteiger partial charge on any atom is 0.126 e. The van der Waals surface area contributed by atoms with Crippen LogP contribution < -0.4 is 4.74 Å². The third kappa shape index (κ3) is 3.70. The summed E-state index contributed by atoms with van der Waals surface area (Å²) in [5, 5.41) is 0. The minimum Gasteiger partial charge on any atom is -0.489 e. The number of hydrogen-bond donors (Lipinski definition) is 0. The first kappa shape index (κ1) is 15.5. The summed E-state index contributed by atoms with van der Waals surface area (Å²) in [5.41, 5.74) is 1.17. The molecule has 13 heavy (non-hydrogen) atoms. The van der Waals surface area contributed by atoms with Crippen LogP contribution in [0.5, 0.6) is 5.75 Å². The minimum absolute atomic E-state index is 0. The Balaban J connectivity index is 0. The van der Waals surface area contributed by atoms with Gasteiger partial charge in [-0.2, -0.15) is 0 Å². The van der Waals surface area contributed by atoms with Crippen LogP contribution >= 0.6 is 0 Å². The van der Waals surface area contributed by atoms with E-state index in [0.717, 1.165) is 5.75 Å². The van der Waals surface area contributed by atoms with E-state index in [1.54, 1.807) is 0 Å². The molecule has 2 rings (SSSR count). The van der Waals surface area contributed by atoms with Gasteiger partial charge in [-0.1, -0.05) is 24.3 Å². The van der Waals surface area contributed by atoms with Crippen molar-refractivity contribution in [1.29, 1.82) is 0 Å². The molecule has 1 nitrogen and oxygen atoms in total. The van der Waals surface area contributed by atoms with E-state index in [9.17, 15) is 0 Å². The third-order valence-corrected chi connectivity index (χ3v) is 1.55. The number of fused-ring (bicyclic) bond motifs is 1. The molecule has 1 heterocycles. The molecule has 0 fully saturated rings. The monoisotopic (exact) mass is 285 g/mol. The molecule has 0 spiro atoms. The first-order valence-corrected chi connectivity index (χ1v) is 3.35. The Hall–Kier alpha value is -0.0101. The summed E-state index contributed by atoms with van der Waals surface area (Å²) in [6.45, 7) is 0.705. The molecule has 0 unspecified atom stereocenters. The maximum absolute atomic E-state index is 5.34. The van der Waals surface area contributed by atoms with Crippen molar-refractivity contribution in [2.45, 2.75) is 0 Å². The number of hydrogen-bond acceptors (Lipinski definition) is 1. The van der Waals surface area contributed by atoms with Crippen LogP contribution in [-0.4, -0.2) is 17.6 Å². The van der Waals surface area contributed by atoms with Gasteiger partial charge in [-0.15, -0.1) is 0 Å². The van der Waals surface area contributed by atoms with Gasteiger partial charge in [0.15, 0.2) is 0 Å². The Morgan fingerprint density at radius 2 is 1.85 bits per heavy atom. The molecule has 0 N–H and O–H groups in total. The molecule has 0 atom stereocenters. The molecule has 0 saturated heterocycles. The van der Waals surface area contributed by atoms with Gasteiger partial charge in [0.25, 0.3) is 0 Å². The van der Waals surface area contributed by atoms with Gasteiger partial charge in [0.05, 0.1) is 0 Å². The quantitative estimate of drug-likeness (QED) is 0.636. The molecule has 79 valence electrons. The third-order valence-electron chi connectivity index (χ3n) is 1.55. The van der Waals surface area contributed by atoms with Crippen LogP contribution in [0.25, 0.3) is 6.08 Å². The van der Waals surface area contributed by atoms with Gasteiger partial charge in [0.2, 0.25) is 0 Å². The van der Waals surface area contributed by atoms with Crippen LogP contribution in [0.15, 0.2) is 30.3 Å². The summed E-state index contributed by atoms with van der Waals surface area (Å²) in [7, 11) is 0. The van der Waals surface area contributed by atoms with E-state index in [2.05, 4.69) is 6.08 Å². The summed E-state index contributed by atoms with van der Waals surface area (Å²) < 4.78 is 5.34. The Labute approximate surface area is 103 Å². The number of benzene rings is 1. The number of ether oxygens (including phenoxy) is 1. The molecular weight excluding hydrogens is 274 g/mol. The second-order valence-corrected chi connectivity index (χ2v) is 2.25. The second-order valence-electron chi connectivity index (χ2n) is 2.25. The van der Waals surface area contributed by atoms with Crippen LogP contribution in [0.4, 0.5) is 0 Å². The van der Waals surface area contributed by atoms with E-state index < -0.39 is 0 Å². The first-order chi connectivity index (χ1) is 4.97. The molecule has 4 heteroatoms. The minimum atomic E-state index is 0. The van der Waals surface area contributed by atoms with E-state index in [1.807, 2.05) is 30.3 Å². The van der Waals surface area contributed by atoms with E-state index in [4.69, 9.17) is 4.74 Å². The van der Waals surface area contributed by atoms with Gasteiger partial charge in [0, 0.05) is 39.1 Å². The molecule has 0 saturated carbocycles. The van der Waals surface area contributed by atoms with Crippen molar-refractivity contribution in [1.82, 2.24) is 0 Å². The molecule has 0 amide bonds. The predicted molar refractivity (Wildman–Crippen MR) is 52.3 cm³/mol. The topological polar surface area (TPSA) is 9.23 Å². The smallest absolute Gasteiger partial charge is 0.126 e. The molecular formula is C9H12CuNiOSi. The van der Waals surface area contributed by atoms with Gasteiger partial charge < -0.3 is 4.74 Å². The van der Waals surface area contributed by atoms with Gasteiger partial charge in [-0.05, 0) is 23.1 Å². The molecule has 0 aliphatic carbocycles. The first-order valence-electron chi connectivity index (χ1n) is 3.35. The molecule has 0 aromatic heterocycles. The number of rotatable bonds is 0. The van der Waals surface area contributed by atoms with Crippen molar-refractivity contribution in [3.63, 3.8) is 0 Å². The van der Waals surface area contributed by atoms with E-state index in [0.29, 0.717) is 6.61 Å². The largest absolute Gasteiger partial charge is 0.489 e. The van der Waals surface area contributed by atoms with Crippen LogP contribution in [-0.2, 0) is 33.6 Å². The zero-order valence-electron chi connectivity index (χ0n) is 6.20. The molecule has 1 aromatic rings. The van der Waals surface area contributed by atoms with Crippen LogP contribution in [0, 0.1) is 0 Å². The Morgan fingerprint density at radius 3 is 2.54 bits per heavy atom. The average molecular weight is 287 g/mol. The average Bonchev–Trinajstić information content (AvgIpc) is 2.05. The van der Waals surface area contributed by atoms with Gasteiger partial charge >= 0.3 is 0 Å². The summed E-state index contributed by atoms with van der Waals surface area (Å²) in [5.74, 6) is 0.991. The fourth-order valence-electron chi connectivity index (χ4n) is 1.06. The fourth-order valence-corrected chi connectivity index (χ4v) is 1.06. The van der Waals surface area contributed by atoms with Crippen molar-refractivity contribution >= 4 is 17.0 Å². The van der Waals surface area contributed by atoms with Crippen molar-refractivity contribution in [3.8, 4) is 5.75 Å². The Bertz CT molecular complexity index is 278. The van der Waals surface area contributed by atoms with Gasteiger partial charge in [-0.25, -0.2) is 0 Å². The molecule has 1 aliphatic rings. The Kier molecular flexibility index (Phi) is 8.80. The van der Waals surface area contributed by atoms with Gasteiger partial charge in [-0.3, -0.25) is 0 Å². The molecule has 1 aliphatic heterocycles. The molecule has 1 radical (unpaired) electrons. The van der Waals surface area contributed by atoms with Crippen molar-refractivity contribution < 1.29 is 38.3 Å². The molecule has 0 bridgehead atoms. The van der Waals surface area contributed by atoms with Crippen LogP contribution in [0.1, 0.15) is 5.56 Å². The van der Waals surface area contributed by atoms with Gasteiger partial charge in [0.1, 0.15) is 12.4 Å².